The van der Waals surface area contributed by atoms with Crippen molar-refractivity contribution in [2.75, 3.05) is 14.2 Å². The van der Waals surface area contributed by atoms with Gasteiger partial charge in [-0.05, 0) is 55.8 Å². The Bertz CT molecular complexity index is 1070. The van der Waals surface area contributed by atoms with Crippen LogP contribution in [0.3, 0.4) is 0 Å². The fourth-order valence-electron chi connectivity index (χ4n) is 3.01. The Kier molecular flexibility index (Phi) is 4.95. The smallest absolute Gasteiger partial charge is 0.238 e. The van der Waals surface area contributed by atoms with Gasteiger partial charge in [-0.3, -0.25) is 4.79 Å². The first-order valence-corrected chi connectivity index (χ1v) is 9.97. The van der Waals surface area contributed by atoms with E-state index in [4.69, 9.17) is 19.3 Å². The number of methoxy groups -OCH3 is 2. The molecule has 0 spiro atoms. The molecule has 2 aromatic carbocycles. The highest BCUT2D eigenvalue weighted by atomic mass is 32.2. The zero-order chi connectivity index (χ0) is 20.7. The van der Waals surface area contributed by atoms with Crippen LogP contribution in [-0.4, -0.2) is 34.0 Å². The molecule has 8 heteroatoms. The van der Waals surface area contributed by atoms with Crippen molar-refractivity contribution in [3.63, 3.8) is 0 Å². The summed E-state index contributed by atoms with van der Waals surface area (Å²) in [6.45, 7) is 3.36. The van der Waals surface area contributed by atoms with Crippen LogP contribution in [0.5, 0.6) is 11.5 Å². The number of sulfonamides is 1. The van der Waals surface area contributed by atoms with Gasteiger partial charge >= 0.3 is 0 Å². The molecule has 2 N–H and O–H groups in total. The van der Waals surface area contributed by atoms with E-state index in [0.29, 0.717) is 34.0 Å². The van der Waals surface area contributed by atoms with Gasteiger partial charge in [-0.2, -0.15) is 0 Å². The molecule has 28 heavy (non-hydrogen) atoms. The summed E-state index contributed by atoms with van der Waals surface area (Å²) >= 11 is 0. The van der Waals surface area contributed by atoms with E-state index in [9.17, 15) is 13.2 Å². The van der Waals surface area contributed by atoms with E-state index in [1.807, 2.05) is 0 Å². The second kappa shape index (κ2) is 6.96. The highest BCUT2D eigenvalue weighted by Crippen LogP contribution is 2.43. The molecule has 0 radical (unpaired) electrons. The van der Waals surface area contributed by atoms with Crippen molar-refractivity contribution in [2.45, 2.75) is 24.3 Å². The SMILES string of the molecule is COc1ccc(C2=C(c3ccc(S(N)(=O)=O)cc3)OC(C)(C)C2=O)cc1OC. The first kappa shape index (κ1) is 19.9. The fraction of sp³-hybridized carbons (Fsp3) is 0.250. The summed E-state index contributed by atoms with van der Waals surface area (Å²) in [5.74, 6) is 1.19. The number of hydrogen-bond acceptors (Lipinski definition) is 6. The molecule has 1 aliphatic heterocycles. The van der Waals surface area contributed by atoms with Crippen LogP contribution in [0.25, 0.3) is 11.3 Å². The Morgan fingerprint density at radius 2 is 1.50 bits per heavy atom. The molecule has 0 saturated carbocycles. The minimum atomic E-state index is -3.81. The number of hydrogen-bond donors (Lipinski definition) is 1. The largest absolute Gasteiger partial charge is 0.493 e. The summed E-state index contributed by atoms with van der Waals surface area (Å²) < 4.78 is 39.5. The maximum absolute atomic E-state index is 13.0. The third-order valence-electron chi connectivity index (χ3n) is 4.48. The Labute approximate surface area is 163 Å². The number of carbonyl (C=O) groups is 1. The van der Waals surface area contributed by atoms with Gasteiger partial charge in [0.15, 0.2) is 17.1 Å². The number of Topliss-reactive ketones (excluding diaryl/α,β-unsaturated/α-hetero) is 1. The van der Waals surface area contributed by atoms with Crippen molar-refractivity contribution in [3.05, 3.63) is 53.6 Å². The normalized spacial score (nSPS) is 16.1. The molecule has 0 bridgehead atoms. The maximum Gasteiger partial charge on any atom is 0.238 e. The molecule has 0 atom stereocenters. The van der Waals surface area contributed by atoms with Gasteiger partial charge in [0.1, 0.15) is 5.76 Å². The highest BCUT2D eigenvalue weighted by molar-refractivity contribution is 7.89. The lowest BCUT2D eigenvalue weighted by molar-refractivity contribution is -0.125. The predicted octanol–water partition coefficient (Wildman–Crippen LogP) is 2.60. The number of rotatable bonds is 5. The molecule has 1 heterocycles. The summed E-state index contributed by atoms with van der Waals surface area (Å²) in [5.41, 5.74) is 0.500. The first-order chi connectivity index (χ1) is 13.1. The summed E-state index contributed by atoms with van der Waals surface area (Å²) in [7, 11) is -0.770. The Balaban J connectivity index is 2.17. The van der Waals surface area contributed by atoms with Crippen molar-refractivity contribution >= 4 is 27.1 Å². The van der Waals surface area contributed by atoms with Gasteiger partial charge < -0.3 is 14.2 Å². The van der Waals surface area contributed by atoms with Gasteiger partial charge in [0.2, 0.25) is 15.8 Å². The van der Waals surface area contributed by atoms with E-state index in [1.165, 1.54) is 26.4 Å². The number of primary sulfonamides is 1. The first-order valence-electron chi connectivity index (χ1n) is 8.42. The predicted molar refractivity (Wildman–Crippen MR) is 104 cm³/mol. The summed E-state index contributed by atoms with van der Waals surface area (Å²) in [6.07, 6.45) is 0. The minimum absolute atomic E-state index is 0.0203. The molecule has 2 aromatic rings. The Morgan fingerprint density at radius 1 is 0.929 bits per heavy atom. The van der Waals surface area contributed by atoms with Crippen molar-refractivity contribution in [2.24, 2.45) is 5.14 Å². The second-order valence-electron chi connectivity index (χ2n) is 6.78. The van der Waals surface area contributed by atoms with Crippen molar-refractivity contribution in [1.29, 1.82) is 0 Å². The van der Waals surface area contributed by atoms with Crippen LogP contribution in [0.15, 0.2) is 47.4 Å². The molecule has 1 aliphatic rings. The summed E-state index contributed by atoms with van der Waals surface area (Å²) in [4.78, 5) is 13.0. The van der Waals surface area contributed by atoms with Crippen LogP contribution in [0.2, 0.25) is 0 Å². The lowest BCUT2D eigenvalue weighted by atomic mass is 9.92. The number of benzene rings is 2. The van der Waals surface area contributed by atoms with Crippen LogP contribution in [0.1, 0.15) is 25.0 Å². The molecule has 148 valence electrons. The molecule has 3 rings (SSSR count). The zero-order valence-electron chi connectivity index (χ0n) is 16.0. The van der Waals surface area contributed by atoms with Crippen molar-refractivity contribution in [3.8, 4) is 11.5 Å². The zero-order valence-corrected chi connectivity index (χ0v) is 16.8. The van der Waals surface area contributed by atoms with E-state index in [1.54, 1.807) is 44.2 Å². The van der Waals surface area contributed by atoms with E-state index >= 15 is 0 Å². The number of ether oxygens (including phenoxy) is 3. The monoisotopic (exact) mass is 403 g/mol. The molecule has 7 nitrogen and oxygen atoms in total. The van der Waals surface area contributed by atoms with Gasteiger partial charge in [-0.1, -0.05) is 6.07 Å². The number of carbonyl (C=O) groups excluding carboxylic acids is 1. The second-order valence-corrected chi connectivity index (χ2v) is 8.35. The van der Waals surface area contributed by atoms with Crippen LogP contribution in [0.4, 0.5) is 0 Å². The average Bonchev–Trinajstić information content (AvgIpc) is 2.90. The maximum atomic E-state index is 13.0. The van der Waals surface area contributed by atoms with Gasteiger partial charge in [0.25, 0.3) is 0 Å². The van der Waals surface area contributed by atoms with Crippen LogP contribution in [0, 0.1) is 0 Å². The average molecular weight is 403 g/mol. The lowest BCUT2D eigenvalue weighted by Gasteiger charge is -2.18. The topological polar surface area (TPSA) is 105 Å². The van der Waals surface area contributed by atoms with E-state index < -0.39 is 15.6 Å². The quantitative estimate of drug-likeness (QED) is 0.823. The summed E-state index contributed by atoms with van der Waals surface area (Å²) in [6, 6.07) is 11.0. The molecule has 0 aliphatic carbocycles. The van der Waals surface area contributed by atoms with Crippen molar-refractivity contribution in [1.82, 2.24) is 0 Å². The molecule has 0 fully saturated rings. The molecule has 0 amide bonds. The van der Waals surface area contributed by atoms with Gasteiger partial charge in [0, 0.05) is 5.56 Å². The third-order valence-corrected chi connectivity index (χ3v) is 5.40. The molecular formula is C20H21NO6S. The Morgan fingerprint density at radius 3 is 2.04 bits per heavy atom. The van der Waals surface area contributed by atoms with E-state index in [2.05, 4.69) is 0 Å². The van der Waals surface area contributed by atoms with E-state index in [-0.39, 0.29) is 10.7 Å². The molecular weight excluding hydrogens is 382 g/mol. The van der Waals surface area contributed by atoms with Crippen LogP contribution in [-0.2, 0) is 19.6 Å². The van der Waals surface area contributed by atoms with Crippen LogP contribution < -0.4 is 14.6 Å². The molecule has 0 saturated heterocycles. The number of nitrogens with two attached hydrogens (primary N) is 1. The van der Waals surface area contributed by atoms with Crippen molar-refractivity contribution < 1.29 is 27.4 Å². The lowest BCUT2D eigenvalue weighted by Crippen LogP contribution is -2.29. The minimum Gasteiger partial charge on any atom is -0.493 e. The van der Waals surface area contributed by atoms with Gasteiger partial charge in [0.05, 0.1) is 24.7 Å². The third kappa shape index (κ3) is 3.48. The highest BCUT2D eigenvalue weighted by Gasteiger charge is 2.43. The molecule has 0 unspecified atom stereocenters. The summed E-state index contributed by atoms with van der Waals surface area (Å²) in [5, 5.41) is 5.15. The Hall–Kier alpha value is -2.84. The van der Waals surface area contributed by atoms with Gasteiger partial charge in [-0.25, -0.2) is 13.6 Å². The standard InChI is InChI=1S/C20H21NO6S/c1-20(2)19(22)17(13-7-10-15(25-3)16(11-13)26-4)18(27-20)12-5-8-14(9-6-12)28(21,23)24/h5-11H,1-4H3,(H2,21,23,24). The fourth-order valence-corrected chi connectivity index (χ4v) is 3.53. The number of ketones is 1. The van der Waals surface area contributed by atoms with Gasteiger partial charge in [-0.15, -0.1) is 0 Å². The van der Waals surface area contributed by atoms with E-state index in [0.717, 1.165) is 0 Å². The molecule has 0 aromatic heterocycles. The van der Waals surface area contributed by atoms with Crippen LogP contribution >= 0.6 is 0 Å².